The van der Waals surface area contributed by atoms with E-state index in [4.69, 9.17) is 4.65 Å². The molecule has 2 aliphatic heterocycles. The SMILES string of the molecule is O=C(NCC(F)(F)F)N1CC2(C1)CC1(C2)OB(O)c2cnc3[nH]ccc3c21. The molecule has 11 heteroatoms. The first-order valence-electron chi connectivity index (χ1n) is 8.62. The van der Waals surface area contributed by atoms with Gasteiger partial charge in [0.1, 0.15) is 12.2 Å². The van der Waals surface area contributed by atoms with Crippen molar-refractivity contribution in [1.82, 2.24) is 20.2 Å². The number of H-pyrrole nitrogens is 1. The monoisotopic (exact) mass is 380 g/mol. The number of amides is 2. The molecule has 2 aromatic rings. The first-order valence-corrected chi connectivity index (χ1v) is 8.62. The van der Waals surface area contributed by atoms with Gasteiger partial charge in [0.15, 0.2) is 0 Å². The molecule has 2 aromatic heterocycles. The second kappa shape index (κ2) is 5.17. The van der Waals surface area contributed by atoms with Gasteiger partial charge in [0.05, 0.1) is 5.60 Å². The number of aromatic nitrogens is 2. The van der Waals surface area contributed by atoms with Gasteiger partial charge in [0.2, 0.25) is 0 Å². The van der Waals surface area contributed by atoms with Crippen LogP contribution in [0.3, 0.4) is 0 Å². The predicted octanol–water partition coefficient (Wildman–Crippen LogP) is 0.844. The van der Waals surface area contributed by atoms with Gasteiger partial charge in [-0.05, 0) is 24.5 Å². The topological polar surface area (TPSA) is 90.5 Å². The molecule has 7 nitrogen and oxygen atoms in total. The maximum atomic E-state index is 12.2. The number of hydrogen-bond acceptors (Lipinski definition) is 4. The molecule has 5 rings (SSSR count). The van der Waals surface area contributed by atoms with Crippen molar-refractivity contribution in [3.63, 3.8) is 0 Å². The minimum absolute atomic E-state index is 0.178. The fourth-order valence-corrected chi connectivity index (χ4v) is 4.89. The zero-order valence-electron chi connectivity index (χ0n) is 14.1. The van der Waals surface area contributed by atoms with Gasteiger partial charge >= 0.3 is 19.3 Å². The molecule has 3 aliphatic rings. The molecule has 2 fully saturated rings. The van der Waals surface area contributed by atoms with Crippen molar-refractivity contribution >= 4 is 29.6 Å². The van der Waals surface area contributed by atoms with E-state index >= 15 is 0 Å². The van der Waals surface area contributed by atoms with Crippen LogP contribution in [0, 0.1) is 5.41 Å². The Labute approximate surface area is 152 Å². The molecule has 142 valence electrons. The van der Waals surface area contributed by atoms with E-state index in [9.17, 15) is 23.0 Å². The lowest BCUT2D eigenvalue weighted by Crippen LogP contribution is -2.69. The highest BCUT2D eigenvalue weighted by Crippen LogP contribution is 2.62. The van der Waals surface area contributed by atoms with Crippen molar-refractivity contribution in [2.75, 3.05) is 19.6 Å². The number of fused-ring (bicyclic) bond motifs is 4. The number of alkyl halides is 3. The third kappa shape index (κ3) is 2.44. The van der Waals surface area contributed by atoms with Crippen LogP contribution in [0.5, 0.6) is 0 Å². The smallest absolute Gasteiger partial charge is 0.423 e. The third-order valence-corrected chi connectivity index (χ3v) is 5.78. The maximum absolute atomic E-state index is 12.2. The van der Waals surface area contributed by atoms with E-state index in [-0.39, 0.29) is 5.41 Å². The Hall–Kier alpha value is -2.27. The van der Waals surface area contributed by atoms with Gasteiger partial charge < -0.3 is 24.9 Å². The summed E-state index contributed by atoms with van der Waals surface area (Å²) < 4.78 is 42.6. The number of aromatic amines is 1. The van der Waals surface area contributed by atoms with E-state index < -0.39 is 31.5 Å². The Morgan fingerprint density at radius 1 is 1.44 bits per heavy atom. The highest BCUT2D eigenvalue weighted by molar-refractivity contribution is 6.62. The third-order valence-electron chi connectivity index (χ3n) is 5.78. The van der Waals surface area contributed by atoms with E-state index in [2.05, 4.69) is 9.97 Å². The van der Waals surface area contributed by atoms with Crippen molar-refractivity contribution < 1.29 is 27.6 Å². The molecule has 1 saturated carbocycles. The molecule has 1 aliphatic carbocycles. The van der Waals surface area contributed by atoms with Gasteiger partial charge in [0.25, 0.3) is 0 Å². The van der Waals surface area contributed by atoms with Crippen LogP contribution in [0.1, 0.15) is 18.4 Å². The maximum Gasteiger partial charge on any atom is 0.493 e. The molecular formula is C16H16BF3N4O3. The lowest BCUT2D eigenvalue weighted by molar-refractivity contribution is -0.170. The predicted molar refractivity (Wildman–Crippen MR) is 89.2 cm³/mol. The van der Waals surface area contributed by atoms with Crippen molar-refractivity contribution in [1.29, 1.82) is 0 Å². The number of rotatable bonds is 1. The zero-order chi connectivity index (χ0) is 19.0. The van der Waals surface area contributed by atoms with Crippen LogP contribution in [0.25, 0.3) is 11.0 Å². The van der Waals surface area contributed by atoms with Gasteiger partial charge in [-0.15, -0.1) is 0 Å². The Kier molecular flexibility index (Phi) is 3.23. The van der Waals surface area contributed by atoms with Crippen molar-refractivity contribution in [2.45, 2.75) is 24.6 Å². The number of carbonyl (C=O) groups is 1. The molecule has 1 saturated heterocycles. The zero-order valence-corrected chi connectivity index (χ0v) is 14.1. The van der Waals surface area contributed by atoms with Crippen LogP contribution < -0.4 is 10.8 Å². The summed E-state index contributed by atoms with van der Waals surface area (Å²) >= 11 is 0. The van der Waals surface area contributed by atoms with Crippen LogP contribution >= 0.6 is 0 Å². The quantitative estimate of drug-likeness (QED) is 0.640. The molecule has 0 bridgehead atoms. The normalized spacial score (nSPS) is 22.1. The van der Waals surface area contributed by atoms with Gasteiger partial charge in [0, 0.05) is 41.7 Å². The summed E-state index contributed by atoms with van der Waals surface area (Å²) in [6.45, 7) is -0.566. The lowest BCUT2D eigenvalue weighted by atomic mass is 9.53. The van der Waals surface area contributed by atoms with E-state index in [0.717, 1.165) is 10.9 Å². The molecular weight excluding hydrogens is 364 g/mol. The number of nitrogens with one attached hydrogen (secondary N) is 2. The van der Waals surface area contributed by atoms with Gasteiger partial charge in [-0.1, -0.05) is 0 Å². The first-order chi connectivity index (χ1) is 12.7. The van der Waals surface area contributed by atoms with Crippen LogP contribution in [0.15, 0.2) is 18.5 Å². The van der Waals surface area contributed by atoms with Gasteiger partial charge in [-0.3, -0.25) is 0 Å². The standard InChI is InChI=1S/C16H16BF3N4O3/c18-16(19,20)6-23-13(25)24-7-14(8-24)4-15(5-14)11-9-1-2-21-12(9)22-3-10(11)17(26)27-15/h1-3,26H,4-8H2,(H,21,22)(H,23,25). The molecule has 2 amide bonds. The summed E-state index contributed by atoms with van der Waals surface area (Å²) in [7, 11) is -1.05. The summed E-state index contributed by atoms with van der Waals surface area (Å²) in [5.74, 6) is 0. The summed E-state index contributed by atoms with van der Waals surface area (Å²) in [5.41, 5.74) is 1.48. The average molecular weight is 380 g/mol. The van der Waals surface area contributed by atoms with E-state index in [1.165, 1.54) is 4.90 Å². The highest BCUT2D eigenvalue weighted by atomic mass is 19.4. The van der Waals surface area contributed by atoms with Crippen LogP contribution in [0.2, 0.25) is 0 Å². The first kappa shape index (κ1) is 16.9. The van der Waals surface area contributed by atoms with E-state index in [1.807, 2.05) is 11.4 Å². The average Bonchev–Trinajstić information content (AvgIpc) is 3.10. The number of likely N-dealkylation sites (tertiary alicyclic amines) is 1. The minimum atomic E-state index is -4.42. The Morgan fingerprint density at radius 3 is 2.89 bits per heavy atom. The van der Waals surface area contributed by atoms with Crippen molar-refractivity contribution in [3.8, 4) is 0 Å². The summed E-state index contributed by atoms with van der Waals surface area (Å²) in [4.78, 5) is 20.5. The number of pyridine rings is 1. The molecule has 0 unspecified atom stereocenters. The number of nitrogens with zero attached hydrogens (tertiary/aromatic N) is 2. The molecule has 0 radical (unpaired) electrons. The second-order valence-electron chi connectivity index (χ2n) is 7.78. The van der Waals surface area contributed by atoms with Crippen LogP contribution in [-0.4, -0.2) is 58.9 Å². The number of hydrogen-bond donors (Lipinski definition) is 3. The van der Waals surface area contributed by atoms with Crippen LogP contribution in [0.4, 0.5) is 18.0 Å². The molecule has 0 aromatic carbocycles. The number of urea groups is 1. The highest BCUT2D eigenvalue weighted by Gasteiger charge is 2.66. The second-order valence-corrected chi connectivity index (χ2v) is 7.78. The van der Waals surface area contributed by atoms with Gasteiger partial charge in [-0.25, -0.2) is 9.78 Å². The van der Waals surface area contributed by atoms with Crippen LogP contribution in [-0.2, 0) is 10.3 Å². The van der Waals surface area contributed by atoms with E-state index in [1.54, 1.807) is 12.4 Å². The Bertz CT molecular complexity index is 933. The van der Waals surface area contributed by atoms with Gasteiger partial charge in [-0.2, -0.15) is 13.2 Å². The molecule has 3 N–H and O–H groups in total. The molecule has 2 spiro atoms. The molecule has 4 heterocycles. The fraction of sp³-hybridized carbons (Fsp3) is 0.500. The summed E-state index contributed by atoms with van der Waals surface area (Å²) in [5, 5.41) is 13.1. The Balaban J connectivity index is 1.30. The summed E-state index contributed by atoms with van der Waals surface area (Å²) in [6, 6.07) is 1.19. The minimum Gasteiger partial charge on any atom is -0.423 e. The number of halogens is 3. The largest absolute Gasteiger partial charge is 0.493 e. The Morgan fingerprint density at radius 2 is 2.19 bits per heavy atom. The fourth-order valence-electron chi connectivity index (χ4n) is 4.89. The number of carbonyl (C=O) groups excluding carboxylic acids is 1. The van der Waals surface area contributed by atoms with Crippen molar-refractivity contribution in [3.05, 3.63) is 24.0 Å². The molecule has 0 atom stereocenters. The van der Waals surface area contributed by atoms with Crippen molar-refractivity contribution in [2.24, 2.45) is 5.41 Å². The summed E-state index contributed by atoms with van der Waals surface area (Å²) in [6.07, 6.45) is 0.179. The lowest BCUT2D eigenvalue weighted by Gasteiger charge is -2.63. The van der Waals surface area contributed by atoms with E-state index in [0.29, 0.717) is 37.0 Å². The molecule has 27 heavy (non-hydrogen) atoms.